The molecule has 2 atom stereocenters. The molecular formula is C14H19BrO3S. The smallest absolute Gasteiger partial charge is 0.142 e. The molecule has 0 spiro atoms. The first-order valence-electron chi connectivity index (χ1n) is 6.29. The fourth-order valence-electron chi connectivity index (χ4n) is 2.53. The van der Waals surface area contributed by atoms with E-state index in [-0.39, 0.29) is 5.25 Å². The van der Waals surface area contributed by atoms with Gasteiger partial charge in [-0.25, -0.2) is 0 Å². The van der Waals surface area contributed by atoms with E-state index in [9.17, 15) is 5.11 Å². The van der Waals surface area contributed by atoms with Gasteiger partial charge in [-0.15, -0.1) is 0 Å². The van der Waals surface area contributed by atoms with Crippen molar-refractivity contribution >= 4 is 27.7 Å². The third-order valence-corrected chi connectivity index (χ3v) is 5.86. The summed E-state index contributed by atoms with van der Waals surface area (Å²) in [6.07, 6.45) is 1.77. The molecule has 0 aromatic heterocycles. The summed E-state index contributed by atoms with van der Waals surface area (Å²) in [7, 11) is 3.24. The number of methoxy groups -OCH3 is 2. The number of rotatable bonds is 3. The second-order valence-corrected chi connectivity index (χ2v) is 6.95. The third kappa shape index (κ3) is 2.60. The van der Waals surface area contributed by atoms with Crippen LogP contribution < -0.4 is 9.47 Å². The Morgan fingerprint density at radius 3 is 2.68 bits per heavy atom. The molecule has 0 bridgehead atoms. The molecule has 1 aliphatic heterocycles. The highest BCUT2D eigenvalue weighted by atomic mass is 79.9. The number of aliphatic hydroxyl groups is 1. The number of ether oxygens (including phenoxy) is 2. The summed E-state index contributed by atoms with van der Waals surface area (Å²) >= 11 is 5.30. The van der Waals surface area contributed by atoms with E-state index >= 15 is 0 Å². The van der Waals surface area contributed by atoms with Crippen molar-refractivity contribution in [1.82, 2.24) is 0 Å². The molecular weight excluding hydrogens is 328 g/mol. The van der Waals surface area contributed by atoms with Gasteiger partial charge in [-0.2, -0.15) is 11.8 Å². The van der Waals surface area contributed by atoms with Crippen molar-refractivity contribution in [2.75, 3.05) is 20.0 Å². The van der Waals surface area contributed by atoms with Gasteiger partial charge in [0.25, 0.3) is 0 Å². The molecule has 0 saturated carbocycles. The largest absolute Gasteiger partial charge is 0.495 e. The Morgan fingerprint density at radius 2 is 2.11 bits per heavy atom. The summed E-state index contributed by atoms with van der Waals surface area (Å²) in [5.41, 5.74) is -0.00866. The average Bonchev–Trinajstić information content (AvgIpc) is 2.41. The highest BCUT2D eigenvalue weighted by Crippen LogP contribution is 2.48. The summed E-state index contributed by atoms with van der Waals surface area (Å²) in [5.74, 6) is 2.47. The lowest BCUT2D eigenvalue weighted by molar-refractivity contribution is 0.0230. The maximum absolute atomic E-state index is 11.0. The molecule has 0 aliphatic carbocycles. The monoisotopic (exact) mass is 346 g/mol. The predicted molar refractivity (Wildman–Crippen MR) is 82.3 cm³/mol. The SMILES string of the molecule is COc1ccc(C2(O)CCCSC2C)c(OC)c1Br. The quantitative estimate of drug-likeness (QED) is 0.907. The molecule has 1 saturated heterocycles. The van der Waals surface area contributed by atoms with Gasteiger partial charge in [0.2, 0.25) is 0 Å². The van der Waals surface area contributed by atoms with E-state index in [4.69, 9.17) is 9.47 Å². The number of hydrogen-bond acceptors (Lipinski definition) is 4. The number of halogens is 1. The minimum atomic E-state index is -0.844. The molecule has 1 aromatic rings. The molecule has 3 nitrogen and oxygen atoms in total. The highest BCUT2D eigenvalue weighted by molar-refractivity contribution is 9.10. The normalized spacial score (nSPS) is 27.1. The Labute approximate surface area is 126 Å². The van der Waals surface area contributed by atoms with Crippen molar-refractivity contribution in [1.29, 1.82) is 0 Å². The van der Waals surface area contributed by atoms with Crippen LogP contribution in [0.15, 0.2) is 16.6 Å². The molecule has 2 unspecified atom stereocenters. The van der Waals surface area contributed by atoms with Crippen LogP contribution in [0, 0.1) is 0 Å². The van der Waals surface area contributed by atoms with Gasteiger partial charge in [-0.3, -0.25) is 0 Å². The molecule has 1 aliphatic rings. The fourth-order valence-corrected chi connectivity index (χ4v) is 4.39. The first kappa shape index (κ1) is 15.0. The summed E-state index contributed by atoms with van der Waals surface area (Å²) in [5, 5.41) is 11.2. The molecule has 1 fully saturated rings. The minimum Gasteiger partial charge on any atom is -0.495 e. The molecule has 0 radical (unpaired) electrons. The summed E-state index contributed by atoms with van der Waals surface area (Å²) in [6.45, 7) is 2.07. The second-order valence-electron chi connectivity index (χ2n) is 4.70. The Kier molecular flexibility index (Phi) is 4.69. The Hall–Kier alpha value is -0.390. The molecule has 1 aromatic carbocycles. The summed E-state index contributed by atoms with van der Waals surface area (Å²) < 4.78 is 11.5. The van der Waals surface area contributed by atoms with Crippen LogP contribution in [0.4, 0.5) is 0 Å². The summed E-state index contributed by atoms with van der Waals surface area (Å²) in [6, 6.07) is 3.77. The predicted octanol–water partition coefficient (Wildman–Crippen LogP) is 3.57. The van der Waals surface area contributed by atoms with Crippen molar-refractivity contribution < 1.29 is 14.6 Å². The Bertz CT molecular complexity index is 466. The maximum atomic E-state index is 11.0. The van der Waals surface area contributed by atoms with E-state index in [0.29, 0.717) is 11.5 Å². The van der Waals surface area contributed by atoms with E-state index in [1.165, 1.54) is 0 Å². The zero-order valence-electron chi connectivity index (χ0n) is 11.4. The van der Waals surface area contributed by atoms with Crippen LogP contribution in [-0.4, -0.2) is 30.3 Å². The first-order valence-corrected chi connectivity index (χ1v) is 8.13. The van der Waals surface area contributed by atoms with Gasteiger partial charge in [-0.1, -0.05) is 6.92 Å². The van der Waals surface area contributed by atoms with Gasteiger partial charge in [0, 0.05) is 10.8 Å². The number of benzene rings is 1. The van der Waals surface area contributed by atoms with Crippen LogP contribution in [0.1, 0.15) is 25.3 Å². The van der Waals surface area contributed by atoms with Crippen LogP contribution >= 0.6 is 27.7 Å². The van der Waals surface area contributed by atoms with E-state index in [1.54, 1.807) is 26.0 Å². The molecule has 0 amide bonds. The van der Waals surface area contributed by atoms with Gasteiger partial charge in [0.1, 0.15) is 21.6 Å². The van der Waals surface area contributed by atoms with Crippen molar-refractivity contribution in [3.8, 4) is 11.5 Å². The number of hydrogen-bond donors (Lipinski definition) is 1. The van der Waals surface area contributed by atoms with Crippen LogP contribution in [0.2, 0.25) is 0 Å². The van der Waals surface area contributed by atoms with E-state index in [2.05, 4.69) is 22.9 Å². The van der Waals surface area contributed by atoms with Gasteiger partial charge >= 0.3 is 0 Å². The fraction of sp³-hybridized carbons (Fsp3) is 0.571. The van der Waals surface area contributed by atoms with Crippen LogP contribution in [0.25, 0.3) is 0 Å². The lowest BCUT2D eigenvalue weighted by Gasteiger charge is -2.39. The van der Waals surface area contributed by atoms with Crippen LogP contribution in [0.3, 0.4) is 0 Å². The molecule has 1 heterocycles. The van der Waals surface area contributed by atoms with Gasteiger partial charge < -0.3 is 14.6 Å². The third-order valence-electron chi connectivity index (χ3n) is 3.69. The molecule has 19 heavy (non-hydrogen) atoms. The minimum absolute atomic E-state index is 0.149. The Morgan fingerprint density at radius 1 is 1.37 bits per heavy atom. The standard InChI is InChI=1S/C14H19BrO3S/c1-9-14(16,7-4-8-19-9)10-5-6-11(17-2)12(15)13(10)18-3/h5-6,9,16H,4,7-8H2,1-3H3. The van der Waals surface area contributed by atoms with Crippen molar-refractivity contribution in [2.24, 2.45) is 0 Å². The summed E-state index contributed by atoms with van der Waals surface area (Å²) in [4.78, 5) is 0. The van der Waals surface area contributed by atoms with Crippen LogP contribution in [-0.2, 0) is 5.60 Å². The lowest BCUT2D eigenvalue weighted by atomic mass is 9.85. The number of thioether (sulfide) groups is 1. The molecule has 106 valence electrons. The van der Waals surface area contributed by atoms with Crippen LogP contribution in [0.5, 0.6) is 11.5 Å². The van der Waals surface area contributed by atoms with E-state index in [1.807, 2.05) is 12.1 Å². The van der Waals surface area contributed by atoms with E-state index < -0.39 is 5.60 Å². The van der Waals surface area contributed by atoms with Gasteiger partial charge in [-0.05, 0) is 46.7 Å². The molecule has 2 rings (SSSR count). The molecule has 5 heteroatoms. The zero-order chi connectivity index (χ0) is 14.0. The second kappa shape index (κ2) is 5.94. The van der Waals surface area contributed by atoms with E-state index in [0.717, 1.165) is 28.6 Å². The zero-order valence-corrected chi connectivity index (χ0v) is 13.8. The lowest BCUT2D eigenvalue weighted by Crippen LogP contribution is -2.39. The van der Waals surface area contributed by atoms with Gasteiger partial charge in [0.05, 0.1) is 14.2 Å². The highest BCUT2D eigenvalue weighted by Gasteiger charge is 2.41. The average molecular weight is 347 g/mol. The first-order chi connectivity index (χ1) is 9.04. The topological polar surface area (TPSA) is 38.7 Å². The van der Waals surface area contributed by atoms with Gasteiger partial charge in [0.15, 0.2) is 0 Å². The maximum Gasteiger partial charge on any atom is 0.142 e. The molecule has 1 N–H and O–H groups in total. The Balaban J connectivity index is 2.52. The van der Waals surface area contributed by atoms with Crippen molar-refractivity contribution in [3.05, 3.63) is 22.2 Å². The van der Waals surface area contributed by atoms with Crippen molar-refractivity contribution in [3.63, 3.8) is 0 Å². The van der Waals surface area contributed by atoms with Crippen molar-refractivity contribution in [2.45, 2.75) is 30.6 Å².